The van der Waals surface area contributed by atoms with E-state index in [-0.39, 0.29) is 48.5 Å². The molecule has 0 spiro atoms. The highest BCUT2D eigenvalue weighted by Gasteiger charge is 2.42. The highest BCUT2D eigenvalue weighted by atomic mass is 35.5. The van der Waals surface area contributed by atoms with Crippen molar-refractivity contribution in [3.05, 3.63) is 34.9 Å². The minimum atomic E-state index is -0.309. The summed E-state index contributed by atoms with van der Waals surface area (Å²) < 4.78 is 5.07. The zero-order chi connectivity index (χ0) is 24.3. The Kier molecular flexibility index (Phi) is 7.67. The van der Waals surface area contributed by atoms with Gasteiger partial charge in [-0.3, -0.25) is 9.59 Å². The molecule has 1 aromatic carbocycles. The number of halogens is 1. The summed E-state index contributed by atoms with van der Waals surface area (Å²) in [5, 5.41) is 0.706. The van der Waals surface area contributed by atoms with Crippen LogP contribution in [-0.4, -0.2) is 84.0 Å². The summed E-state index contributed by atoms with van der Waals surface area (Å²) in [7, 11) is 0. The molecule has 2 saturated heterocycles. The molecule has 3 amide bonds. The Hall–Kier alpha value is -2.32. The first-order valence-electron chi connectivity index (χ1n) is 12.3. The third kappa shape index (κ3) is 5.03. The summed E-state index contributed by atoms with van der Waals surface area (Å²) in [6.07, 6.45) is 4.39. The second-order valence-corrected chi connectivity index (χ2v) is 10.1. The first-order valence-corrected chi connectivity index (χ1v) is 12.7. The van der Waals surface area contributed by atoms with E-state index in [1.54, 1.807) is 21.6 Å². The van der Waals surface area contributed by atoms with Crippen molar-refractivity contribution in [2.45, 2.75) is 62.9 Å². The molecule has 0 bridgehead atoms. The van der Waals surface area contributed by atoms with Gasteiger partial charge in [-0.05, 0) is 63.1 Å². The standard InChI is InChI=1S/C25H35ClN4O4/c1-2-34-24(33)28-12-8-21(9-13-28)30-16-22(31)29(15-23(30)32)20-6-10-25(17-27,11-7-20)18-4-3-5-19(26)14-18/h3-5,14,20-21H,2,6-13,15-17,27H2,1H3/t20-,25-. The molecule has 34 heavy (non-hydrogen) atoms. The Morgan fingerprint density at radius 3 is 2.18 bits per heavy atom. The number of carbonyl (C=O) groups is 3. The summed E-state index contributed by atoms with van der Waals surface area (Å²) in [6.45, 7) is 4.00. The van der Waals surface area contributed by atoms with E-state index in [1.165, 1.54) is 0 Å². The fraction of sp³-hybridized carbons (Fsp3) is 0.640. The first kappa shape index (κ1) is 24.8. The number of rotatable bonds is 5. The number of nitrogens with two attached hydrogens (primary N) is 1. The van der Waals surface area contributed by atoms with Crippen LogP contribution in [0.1, 0.15) is 51.0 Å². The second-order valence-electron chi connectivity index (χ2n) is 9.69. The topological polar surface area (TPSA) is 96.2 Å². The molecule has 2 heterocycles. The molecule has 186 valence electrons. The monoisotopic (exact) mass is 490 g/mol. The van der Waals surface area contributed by atoms with Crippen LogP contribution in [0.15, 0.2) is 24.3 Å². The molecule has 8 nitrogen and oxygen atoms in total. The number of benzene rings is 1. The van der Waals surface area contributed by atoms with Gasteiger partial charge in [0, 0.05) is 42.2 Å². The van der Waals surface area contributed by atoms with Crippen LogP contribution in [-0.2, 0) is 19.7 Å². The van der Waals surface area contributed by atoms with Crippen LogP contribution in [0.3, 0.4) is 0 Å². The highest BCUT2D eigenvalue weighted by Crippen LogP contribution is 2.41. The van der Waals surface area contributed by atoms with Gasteiger partial charge in [0.1, 0.15) is 13.1 Å². The summed E-state index contributed by atoms with van der Waals surface area (Å²) in [5.74, 6) is 0.0140. The van der Waals surface area contributed by atoms with Crippen molar-refractivity contribution in [1.29, 1.82) is 0 Å². The number of piperazine rings is 1. The van der Waals surface area contributed by atoms with Crippen molar-refractivity contribution in [2.24, 2.45) is 5.73 Å². The lowest BCUT2D eigenvalue weighted by Crippen LogP contribution is -2.61. The molecular formula is C25H35ClN4O4. The summed E-state index contributed by atoms with van der Waals surface area (Å²) >= 11 is 6.22. The number of likely N-dealkylation sites (tertiary alicyclic amines) is 1. The van der Waals surface area contributed by atoms with E-state index in [9.17, 15) is 14.4 Å². The smallest absolute Gasteiger partial charge is 0.409 e. The van der Waals surface area contributed by atoms with Crippen molar-refractivity contribution in [3.8, 4) is 0 Å². The van der Waals surface area contributed by atoms with Crippen LogP contribution in [0.2, 0.25) is 5.02 Å². The SMILES string of the molecule is CCOC(=O)N1CCC(N2CC(=O)N([C@H]3CC[C@](CN)(c4cccc(Cl)c4)CC3)CC2=O)CC1. The normalized spacial score (nSPS) is 26.7. The molecule has 3 fully saturated rings. The van der Waals surface area contributed by atoms with Gasteiger partial charge in [0.05, 0.1) is 6.61 Å². The number of amides is 3. The second kappa shape index (κ2) is 10.5. The van der Waals surface area contributed by atoms with Gasteiger partial charge in [0.25, 0.3) is 0 Å². The minimum absolute atomic E-state index is 0.000289. The molecule has 1 aliphatic carbocycles. The fourth-order valence-corrected chi connectivity index (χ4v) is 5.98. The molecule has 9 heteroatoms. The largest absolute Gasteiger partial charge is 0.450 e. The number of hydrogen-bond donors (Lipinski definition) is 1. The predicted octanol–water partition coefficient (Wildman–Crippen LogP) is 2.77. The van der Waals surface area contributed by atoms with Crippen molar-refractivity contribution in [1.82, 2.24) is 14.7 Å². The molecule has 1 saturated carbocycles. The third-order valence-corrected chi connectivity index (χ3v) is 8.10. The van der Waals surface area contributed by atoms with Crippen LogP contribution < -0.4 is 5.73 Å². The maximum Gasteiger partial charge on any atom is 0.409 e. The molecule has 0 aromatic heterocycles. The molecule has 3 aliphatic rings. The molecule has 4 rings (SSSR count). The van der Waals surface area contributed by atoms with Crippen LogP contribution in [0.5, 0.6) is 0 Å². The quantitative estimate of drug-likeness (QED) is 0.684. The van der Waals surface area contributed by atoms with Gasteiger partial charge in [-0.25, -0.2) is 4.79 Å². The van der Waals surface area contributed by atoms with Crippen molar-refractivity contribution in [3.63, 3.8) is 0 Å². The lowest BCUT2D eigenvalue weighted by Gasteiger charge is -2.47. The third-order valence-electron chi connectivity index (χ3n) is 7.86. The number of piperidine rings is 1. The van der Waals surface area contributed by atoms with Crippen molar-refractivity contribution < 1.29 is 19.1 Å². The van der Waals surface area contributed by atoms with E-state index in [4.69, 9.17) is 22.1 Å². The lowest BCUT2D eigenvalue weighted by atomic mass is 9.68. The van der Waals surface area contributed by atoms with Gasteiger partial charge in [-0.15, -0.1) is 0 Å². The van der Waals surface area contributed by atoms with Crippen LogP contribution in [0.25, 0.3) is 0 Å². The van der Waals surface area contributed by atoms with E-state index in [1.807, 2.05) is 18.2 Å². The van der Waals surface area contributed by atoms with E-state index in [2.05, 4.69) is 6.07 Å². The fourth-order valence-electron chi connectivity index (χ4n) is 5.79. The highest BCUT2D eigenvalue weighted by molar-refractivity contribution is 6.30. The van der Waals surface area contributed by atoms with Gasteiger partial charge >= 0.3 is 6.09 Å². The van der Waals surface area contributed by atoms with E-state index >= 15 is 0 Å². The van der Waals surface area contributed by atoms with Gasteiger partial charge < -0.3 is 25.2 Å². The number of carbonyl (C=O) groups excluding carboxylic acids is 3. The Morgan fingerprint density at radius 2 is 1.65 bits per heavy atom. The molecular weight excluding hydrogens is 456 g/mol. The zero-order valence-corrected chi connectivity index (χ0v) is 20.6. The maximum absolute atomic E-state index is 13.1. The Balaban J connectivity index is 1.33. The average Bonchev–Trinajstić information content (AvgIpc) is 2.85. The zero-order valence-electron chi connectivity index (χ0n) is 19.9. The molecule has 2 aliphatic heterocycles. The average molecular weight is 491 g/mol. The summed E-state index contributed by atoms with van der Waals surface area (Å²) in [4.78, 5) is 43.3. The number of hydrogen-bond acceptors (Lipinski definition) is 5. The number of ether oxygens (including phenoxy) is 1. The molecule has 0 radical (unpaired) electrons. The van der Waals surface area contributed by atoms with Gasteiger partial charge in [0.2, 0.25) is 11.8 Å². The van der Waals surface area contributed by atoms with Crippen molar-refractivity contribution in [2.75, 3.05) is 39.3 Å². The Bertz CT molecular complexity index is 910. The van der Waals surface area contributed by atoms with Gasteiger partial charge in [0.15, 0.2) is 0 Å². The summed E-state index contributed by atoms with van der Waals surface area (Å²) in [6, 6.07) is 7.95. The molecule has 0 unspecified atom stereocenters. The van der Waals surface area contributed by atoms with Crippen LogP contribution >= 0.6 is 11.6 Å². The predicted molar refractivity (Wildman–Crippen MR) is 129 cm³/mol. The van der Waals surface area contributed by atoms with E-state index in [0.29, 0.717) is 44.1 Å². The van der Waals surface area contributed by atoms with Crippen LogP contribution in [0.4, 0.5) is 4.79 Å². The van der Waals surface area contributed by atoms with E-state index in [0.717, 1.165) is 31.2 Å². The van der Waals surface area contributed by atoms with Crippen molar-refractivity contribution >= 4 is 29.5 Å². The molecule has 1 aromatic rings. The van der Waals surface area contributed by atoms with E-state index < -0.39 is 0 Å². The Morgan fingerprint density at radius 1 is 1.06 bits per heavy atom. The first-order chi connectivity index (χ1) is 16.4. The lowest BCUT2D eigenvalue weighted by molar-refractivity contribution is -0.156. The number of nitrogens with zero attached hydrogens (tertiary/aromatic N) is 3. The van der Waals surface area contributed by atoms with Gasteiger partial charge in [-0.1, -0.05) is 23.7 Å². The maximum atomic E-state index is 13.1. The van der Waals surface area contributed by atoms with Gasteiger partial charge in [-0.2, -0.15) is 0 Å². The summed E-state index contributed by atoms with van der Waals surface area (Å²) in [5.41, 5.74) is 7.24. The molecule has 0 atom stereocenters. The minimum Gasteiger partial charge on any atom is -0.450 e. The Labute approximate surface area is 206 Å². The molecule has 2 N–H and O–H groups in total. The van der Waals surface area contributed by atoms with Crippen LogP contribution in [0, 0.1) is 0 Å².